The van der Waals surface area contributed by atoms with Crippen LogP contribution in [-0.4, -0.2) is 57.2 Å². The van der Waals surface area contributed by atoms with Gasteiger partial charge in [-0.25, -0.2) is 4.39 Å². The molecule has 1 fully saturated rings. The average Bonchev–Trinajstić information content (AvgIpc) is 2.70. The summed E-state index contributed by atoms with van der Waals surface area (Å²) < 4.78 is 19.0. The second kappa shape index (κ2) is 9.37. The Morgan fingerprint density at radius 1 is 1.07 bits per heavy atom. The number of hydrogen-bond donors (Lipinski definition) is 1. The van der Waals surface area contributed by atoms with Crippen LogP contribution in [0.3, 0.4) is 0 Å². The third-order valence-electron chi connectivity index (χ3n) is 4.83. The zero-order valence-electron chi connectivity index (χ0n) is 15.7. The molecular weight excluding hydrogens is 345 g/mol. The number of halogens is 1. The molecule has 5 nitrogen and oxygen atoms in total. The Morgan fingerprint density at radius 2 is 1.78 bits per heavy atom. The molecule has 1 aliphatic rings. The van der Waals surface area contributed by atoms with Crippen LogP contribution in [-0.2, 0) is 11.2 Å². The Balaban J connectivity index is 1.37. The number of hydrogen-bond acceptors (Lipinski definition) is 4. The lowest BCUT2D eigenvalue weighted by Crippen LogP contribution is -2.49. The van der Waals surface area contributed by atoms with E-state index in [4.69, 9.17) is 4.74 Å². The van der Waals surface area contributed by atoms with Gasteiger partial charge in [0, 0.05) is 32.7 Å². The van der Waals surface area contributed by atoms with E-state index in [0.29, 0.717) is 18.8 Å². The third kappa shape index (κ3) is 5.44. The van der Waals surface area contributed by atoms with Crippen LogP contribution in [0.1, 0.15) is 5.56 Å². The lowest BCUT2D eigenvalue weighted by molar-refractivity contribution is -0.122. The van der Waals surface area contributed by atoms with Gasteiger partial charge in [-0.15, -0.1) is 0 Å². The van der Waals surface area contributed by atoms with Crippen LogP contribution in [0.4, 0.5) is 10.1 Å². The number of benzene rings is 2. The largest absolute Gasteiger partial charge is 0.497 e. The van der Waals surface area contributed by atoms with E-state index in [1.54, 1.807) is 19.2 Å². The minimum absolute atomic E-state index is 0.0304. The van der Waals surface area contributed by atoms with Gasteiger partial charge in [0.15, 0.2) is 0 Å². The van der Waals surface area contributed by atoms with Crippen LogP contribution in [0.5, 0.6) is 5.75 Å². The van der Waals surface area contributed by atoms with Gasteiger partial charge in [-0.3, -0.25) is 9.69 Å². The first kappa shape index (κ1) is 19.2. The lowest BCUT2D eigenvalue weighted by Gasteiger charge is -2.35. The number of amides is 1. The molecule has 0 bridgehead atoms. The van der Waals surface area contributed by atoms with Crippen molar-refractivity contribution in [2.45, 2.75) is 6.42 Å². The first-order chi connectivity index (χ1) is 13.2. The van der Waals surface area contributed by atoms with Gasteiger partial charge in [-0.05, 0) is 36.2 Å². The maximum absolute atomic E-state index is 13.9. The van der Waals surface area contributed by atoms with E-state index < -0.39 is 0 Å². The minimum atomic E-state index is -0.192. The van der Waals surface area contributed by atoms with E-state index >= 15 is 0 Å². The second-order valence-corrected chi connectivity index (χ2v) is 6.66. The molecule has 0 unspecified atom stereocenters. The van der Waals surface area contributed by atoms with Gasteiger partial charge >= 0.3 is 0 Å². The number of piperazine rings is 1. The third-order valence-corrected chi connectivity index (χ3v) is 4.83. The molecule has 2 aromatic carbocycles. The van der Waals surface area contributed by atoms with Crippen LogP contribution in [0.25, 0.3) is 0 Å². The highest BCUT2D eigenvalue weighted by atomic mass is 19.1. The molecule has 0 atom stereocenters. The van der Waals surface area contributed by atoms with E-state index in [0.717, 1.165) is 43.9 Å². The Morgan fingerprint density at radius 3 is 2.44 bits per heavy atom. The highest BCUT2D eigenvalue weighted by Crippen LogP contribution is 2.20. The van der Waals surface area contributed by atoms with Crippen LogP contribution in [0.2, 0.25) is 0 Å². The molecule has 0 saturated carbocycles. The van der Waals surface area contributed by atoms with Crippen LogP contribution < -0.4 is 15.0 Å². The van der Waals surface area contributed by atoms with Crippen molar-refractivity contribution in [2.24, 2.45) is 0 Å². The molecule has 3 rings (SSSR count). The van der Waals surface area contributed by atoms with E-state index in [2.05, 4.69) is 10.2 Å². The van der Waals surface area contributed by atoms with E-state index in [-0.39, 0.29) is 11.7 Å². The molecule has 6 heteroatoms. The fourth-order valence-electron chi connectivity index (χ4n) is 3.25. The van der Waals surface area contributed by atoms with E-state index in [1.165, 1.54) is 6.07 Å². The van der Waals surface area contributed by atoms with Crippen molar-refractivity contribution in [3.8, 4) is 5.75 Å². The normalized spacial score (nSPS) is 14.8. The van der Waals surface area contributed by atoms with Gasteiger partial charge in [0.1, 0.15) is 11.6 Å². The molecule has 1 saturated heterocycles. The summed E-state index contributed by atoms with van der Waals surface area (Å²) in [6.07, 6.45) is 0.788. The number of nitrogens with one attached hydrogen (secondary N) is 1. The van der Waals surface area contributed by atoms with Crippen molar-refractivity contribution in [1.29, 1.82) is 0 Å². The molecular formula is C21H26FN3O2. The summed E-state index contributed by atoms with van der Waals surface area (Å²) in [5, 5.41) is 2.97. The molecule has 0 spiro atoms. The predicted molar refractivity (Wildman–Crippen MR) is 105 cm³/mol. The Hall–Kier alpha value is -2.60. The van der Waals surface area contributed by atoms with Gasteiger partial charge in [-0.1, -0.05) is 24.3 Å². The highest BCUT2D eigenvalue weighted by molar-refractivity contribution is 5.78. The molecule has 0 aromatic heterocycles. The Bertz CT molecular complexity index is 743. The summed E-state index contributed by atoms with van der Waals surface area (Å²) in [6, 6.07) is 14.7. The molecule has 1 amide bonds. The van der Waals surface area contributed by atoms with Crippen molar-refractivity contribution in [3.63, 3.8) is 0 Å². The molecule has 0 aliphatic carbocycles. The fourth-order valence-corrected chi connectivity index (χ4v) is 3.25. The van der Waals surface area contributed by atoms with Gasteiger partial charge in [0.25, 0.3) is 0 Å². The van der Waals surface area contributed by atoms with Gasteiger partial charge in [-0.2, -0.15) is 0 Å². The minimum Gasteiger partial charge on any atom is -0.497 e. The summed E-state index contributed by atoms with van der Waals surface area (Å²) in [5.74, 6) is 0.669. The number of anilines is 1. The van der Waals surface area contributed by atoms with Gasteiger partial charge in [0.2, 0.25) is 5.91 Å². The number of methoxy groups -OCH3 is 1. The average molecular weight is 371 g/mol. The zero-order valence-corrected chi connectivity index (χ0v) is 15.7. The van der Waals surface area contributed by atoms with E-state index in [9.17, 15) is 9.18 Å². The Labute approximate surface area is 159 Å². The zero-order chi connectivity index (χ0) is 19.1. The SMILES string of the molecule is COc1ccc(CCNC(=O)CN2CCN(c3ccccc3F)CC2)cc1. The summed E-state index contributed by atoms with van der Waals surface area (Å²) >= 11 is 0. The van der Waals surface area contributed by atoms with E-state index in [1.807, 2.05) is 35.2 Å². The van der Waals surface area contributed by atoms with Gasteiger partial charge < -0.3 is 15.0 Å². The van der Waals surface area contributed by atoms with Crippen molar-refractivity contribution in [3.05, 3.63) is 59.9 Å². The molecule has 1 aliphatic heterocycles. The predicted octanol–water partition coefficient (Wildman–Crippen LogP) is 2.32. The first-order valence-electron chi connectivity index (χ1n) is 9.27. The van der Waals surface area contributed by atoms with Crippen LogP contribution >= 0.6 is 0 Å². The number of ether oxygens (including phenoxy) is 1. The topological polar surface area (TPSA) is 44.8 Å². The quantitative estimate of drug-likeness (QED) is 0.811. The van der Waals surface area contributed by atoms with Crippen molar-refractivity contribution in [1.82, 2.24) is 10.2 Å². The summed E-state index contributed by atoms with van der Waals surface area (Å²) in [4.78, 5) is 16.3. The fraction of sp³-hybridized carbons (Fsp3) is 0.381. The summed E-state index contributed by atoms with van der Waals surface area (Å²) in [6.45, 7) is 3.94. The highest BCUT2D eigenvalue weighted by Gasteiger charge is 2.20. The number of nitrogens with zero attached hydrogens (tertiary/aromatic N) is 2. The lowest BCUT2D eigenvalue weighted by atomic mass is 10.1. The molecule has 1 heterocycles. The maximum atomic E-state index is 13.9. The summed E-state index contributed by atoms with van der Waals surface area (Å²) in [5.41, 5.74) is 1.80. The number of rotatable bonds is 7. The monoisotopic (exact) mass is 371 g/mol. The Kier molecular flexibility index (Phi) is 6.65. The number of carbonyl (C=O) groups excluding carboxylic acids is 1. The van der Waals surface area contributed by atoms with Crippen LogP contribution in [0, 0.1) is 5.82 Å². The number of para-hydroxylation sites is 1. The molecule has 144 valence electrons. The standard InChI is InChI=1S/C21H26FN3O2/c1-27-18-8-6-17(7-9-18)10-11-23-21(26)16-24-12-14-25(15-13-24)20-5-3-2-4-19(20)22/h2-9H,10-16H2,1H3,(H,23,26). The smallest absolute Gasteiger partial charge is 0.234 e. The van der Waals surface area contributed by atoms with Crippen molar-refractivity contribution >= 4 is 11.6 Å². The second-order valence-electron chi connectivity index (χ2n) is 6.66. The molecule has 2 aromatic rings. The van der Waals surface area contributed by atoms with Crippen molar-refractivity contribution < 1.29 is 13.9 Å². The summed E-state index contributed by atoms with van der Waals surface area (Å²) in [7, 11) is 1.64. The van der Waals surface area contributed by atoms with Crippen molar-refractivity contribution in [2.75, 3.05) is 51.3 Å². The van der Waals surface area contributed by atoms with Gasteiger partial charge in [0.05, 0.1) is 19.3 Å². The molecule has 27 heavy (non-hydrogen) atoms. The molecule has 0 radical (unpaired) electrons. The van der Waals surface area contributed by atoms with Crippen LogP contribution in [0.15, 0.2) is 48.5 Å². The molecule has 1 N–H and O–H groups in total. The maximum Gasteiger partial charge on any atom is 0.234 e. The number of carbonyl (C=O) groups is 1. The first-order valence-corrected chi connectivity index (χ1v) is 9.27.